The van der Waals surface area contributed by atoms with Crippen LogP contribution in [0.25, 0.3) is 10.8 Å². The van der Waals surface area contributed by atoms with Crippen molar-refractivity contribution in [3.05, 3.63) is 71.5 Å². The average Bonchev–Trinajstić information content (AvgIpc) is 2.95. The van der Waals surface area contributed by atoms with Crippen LogP contribution >= 0.6 is 0 Å². The third-order valence-electron chi connectivity index (χ3n) is 7.53. The lowest BCUT2D eigenvalue weighted by Gasteiger charge is -2.42. The lowest BCUT2D eigenvalue weighted by molar-refractivity contribution is -0.144. The lowest BCUT2D eigenvalue weighted by Crippen LogP contribution is -2.62. The first-order valence-corrected chi connectivity index (χ1v) is 14.1. The molecule has 2 N–H and O–H groups in total. The zero-order valence-corrected chi connectivity index (χ0v) is 24.0. The fraction of sp³-hybridized carbons (Fsp3) is 0.375. The fourth-order valence-corrected chi connectivity index (χ4v) is 5.45. The second-order valence-corrected chi connectivity index (χ2v) is 10.4. The van der Waals surface area contributed by atoms with Crippen molar-refractivity contribution >= 4 is 45.8 Å². The van der Waals surface area contributed by atoms with E-state index in [1.807, 2.05) is 44.2 Å². The normalized spacial score (nSPS) is 16.0. The molecule has 0 spiro atoms. The molecule has 3 aromatic carbocycles. The van der Waals surface area contributed by atoms with Crippen LogP contribution in [0.1, 0.15) is 51.2 Å². The van der Waals surface area contributed by atoms with E-state index in [0.717, 1.165) is 16.3 Å². The van der Waals surface area contributed by atoms with Gasteiger partial charge in [-0.25, -0.2) is 4.39 Å². The van der Waals surface area contributed by atoms with Gasteiger partial charge < -0.3 is 20.4 Å². The Kier molecular flexibility index (Phi) is 9.37. The number of carbonyl (C=O) groups is 4. The molecule has 3 aromatic rings. The Labute approximate surface area is 239 Å². The zero-order chi connectivity index (χ0) is 29.7. The quantitative estimate of drug-likeness (QED) is 0.396. The molecule has 0 radical (unpaired) electrons. The number of anilines is 2. The van der Waals surface area contributed by atoms with Gasteiger partial charge in [-0.3, -0.25) is 19.2 Å². The number of aryl methyl sites for hydroxylation is 1. The number of hydrogen-bond acceptors (Lipinski definition) is 4. The van der Waals surface area contributed by atoms with E-state index in [0.29, 0.717) is 36.2 Å². The largest absolute Gasteiger partial charge is 0.344 e. The molecule has 1 fully saturated rings. The van der Waals surface area contributed by atoms with E-state index in [1.165, 1.54) is 19.1 Å². The zero-order valence-electron chi connectivity index (χ0n) is 24.0. The Morgan fingerprint density at radius 2 is 1.76 bits per heavy atom. The summed E-state index contributed by atoms with van der Waals surface area (Å²) in [6, 6.07) is 13.9. The molecule has 1 saturated heterocycles. The number of rotatable bonds is 9. The van der Waals surface area contributed by atoms with Gasteiger partial charge in [0.05, 0.1) is 11.4 Å². The van der Waals surface area contributed by atoms with Crippen molar-refractivity contribution in [3.8, 4) is 0 Å². The van der Waals surface area contributed by atoms with E-state index in [1.54, 1.807) is 28.9 Å². The molecular weight excluding hydrogens is 523 g/mol. The first-order valence-electron chi connectivity index (χ1n) is 14.1. The van der Waals surface area contributed by atoms with Gasteiger partial charge in [0.1, 0.15) is 17.9 Å². The van der Waals surface area contributed by atoms with Crippen molar-refractivity contribution in [1.82, 2.24) is 10.2 Å². The summed E-state index contributed by atoms with van der Waals surface area (Å²) in [7, 11) is 0. The Morgan fingerprint density at radius 1 is 1.05 bits per heavy atom. The highest BCUT2D eigenvalue weighted by Crippen LogP contribution is 2.38. The van der Waals surface area contributed by atoms with Gasteiger partial charge in [-0.2, -0.15) is 0 Å². The average molecular weight is 561 g/mol. The summed E-state index contributed by atoms with van der Waals surface area (Å²) in [6.07, 6.45) is 1.56. The van der Waals surface area contributed by atoms with Crippen molar-refractivity contribution in [2.24, 2.45) is 0 Å². The topological polar surface area (TPSA) is 98.8 Å². The van der Waals surface area contributed by atoms with Crippen LogP contribution in [0.2, 0.25) is 0 Å². The highest BCUT2D eigenvalue weighted by atomic mass is 19.1. The van der Waals surface area contributed by atoms with Gasteiger partial charge in [-0.15, -0.1) is 0 Å². The molecule has 4 amide bonds. The van der Waals surface area contributed by atoms with Crippen molar-refractivity contribution in [3.63, 3.8) is 0 Å². The number of nitrogens with zero attached hydrogens (tertiary/aromatic N) is 2. The second kappa shape index (κ2) is 12.9. The van der Waals surface area contributed by atoms with Gasteiger partial charge in [0.25, 0.3) is 0 Å². The highest BCUT2D eigenvalue weighted by Gasteiger charge is 2.40. The number of halogens is 1. The molecule has 2 atom stereocenters. The van der Waals surface area contributed by atoms with Crippen LogP contribution in [0.15, 0.2) is 54.6 Å². The minimum Gasteiger partial charge on any atom is -0.344 e. The monoisotopic (exact) mass is 560 g/mol. The Morgan fingerprint density at radius 3 is 2.41 bits per heavy atom. The maximum absolute atomic E-state index is 14.1. The van der Waals surface area contributed by atoms with E-state index in [4.69, 9.17) is 0 Å². The molecule has 4 rings (SSSR count). The number of fused-ring (bicyclic) bond motifs is 1. The standard InChI is InChI=1S/C32H37FN4O4/c1-5-9-27-32(41)37(28-19-23-10-7-8-11-25(23)20(3)30(28)35-29(39)6-2)17-16-36(27)31(40)26(34-21(4)38)18-22-12-14-24(33)15-13-22/h7-8,10-15,19,26-27H,5-6,9,16-18H2,1-4H3,(H,34,38)(H,35,39). The molecule has 1 aliphatic heterocycles. The lowest BCUT2D eigenvalue weighted by atomic mass is 9.98. The molecule has 9 heteroatoms. The van der Waals surface area contributed by atoms with Crippen LogP contribution in [0, 0.1) is 12.7 Å². The molecule has 216 valence electrons. The summed E-state index contributed by atoms with van der Waals surface area (Å²) in [4.78, 5) is 55.7. The molecule has 8 nitrogen and oxygen atoms in total. The van der Waals surface area contributed by atoms with Gasteiger partial charge in [0.15, 0.2) is 0 Å². The molecule has 41 heavy (non-hydrogen) atoms. The molecule has 2 unspecified atom stereocenters. The second-order valence-electron chi connectivity index (χ2n) is 10.4. The molecule has 1 aliphatic rings. The van der Waals surface area contributed by atoms with Gasteiger partial charge >= 0.3 is 0 Å². The summed E-state index contributed by atoms with van der Waals surface area (Å²) < 4.78 is 13.5. The molecule has 0 saturated carbocycles. The van der Waals surface area contributed by atoms with Crippen molar-refractivity contribution < 1.29 is 23.6 Å². The van der Waals surface area contributed by atoms with E-state index in [-0.39, 0.29) is 49.0 Å². The van der Waals surface area contributed by atoms with E-state index in [9.17, 15) is 23.6 Å². The summed E-state index contributed by atoms with van der Waals surface area (Å²) in [5.74, 6) is -1.51. The van der Waals surface area contributed by atoms with Gasteiger partial charge in [0, 0.05) is 32.9 Å². The predicted molar refractivity (Wildman–Crippen MR) is 158 cm³/mol. The van der Waals surface area contributed by atoms with Crippen molar-refractivity contribution in [2.45, 2.75) is 65.5 Å². The van der Waals surface area contributed by atoms with Gasteiger partial charge in [0.2, 0.25) is 23.6 Å². The summed E-state index contributed by atoms with van der Waals surface area (Å²) >= 11 is 0. The smallest absolute Gasteiger partial charge is 0.249 e. The minimum absolute atomic E-state index is 0.157. The summed E-state index contributed by atoms with van der Waals surface area (Å²) in [5, 5.41) is 7.65. The SMILES string of the molecule is CCCC1C(=O)N(c2cc3ccccc3c(C)c2NC(=O)CC)CCN1C(=O)C(Cc1ccc(F)cc1)NC(C)=O. The number of carbonyl (C=O) groups excluding carboxylic acids is 4. The van der Waals surface area contributed by atoms with Crippen LogP contribution in [0.5, 0.6) is 0 Å². The predicted octanol–water partition coefficient (Wildman–Crippen LogP) is 4.73. The first-order chi connectivity index (χ1) is 19.6. The van der Waals surface area contributed by atoms with E-state index < -0.39 is 12.1 Å². The maximum atomic E-state index is 14.1. The molecular formula is C32H37FN4O4. The van der Waals surface area contributed by atoms with Crippen LogP contribution in [0.3, 0.4) is 0 Å². The first kappa shape index (κ1) is 29.7. The minimum atomic E-state index is -0.904. The third kappa shape index (κ3) is 6.56. The summed E-state index contributed by atoms with van der Waals surface area (Å²) in [6.45, 7) is 7.47. The molecule has 0 aromatic heterocycles. The summed E-state index contributed by atoms with van der Waals surface area (Å²) in [5.41, 5.74) is 2.75. The van der Waals surface area contributed by atoms with E-state index >= 15 is 0 Å². The van der Waals surface area contributed by atoms with Crippen LogP contribution in [-0.2, 0) is 25.6 Å². The van der Waals surface area contributed by atoms with Gasteiger partial charge in [-0.05, 0) is 53.4 Å². The highest BCUT2D eigenvalue weighted by molar-refractivity contribution is 6.09. The Bertz CT molecular complexity index is 1460. The van der Waals surface area contributed by atoms with Crippen LogP contribution < -0.4 is 15.5 Å². The number of hydrogen-bond donors (Lipinski definition) is 2. The Hall–Kier alpha value is -4.27. The maximum Gasteiger partial charge on any atom is 0.249 e. The number of amides is 4. The Balaban J connectivity index is 1.69. The van der Waals surface area contributed by atoms with Crippen molar-refractivity contribution in [1.29, 1.82) is 0 Å². The van der Waals surface area contributed by atoms with E-state index in [2.05, 4.69) is 10.6 Å². The molecule has 0 aliphatic carbocycles. The number of nitrogens with one attached hydrogen (secondary N) is 2. The van der Waals surface area contributed by atoms with Gasteiger partial charge in [-0.1, -0.05) is 56.7 Å². The van der Waals surface area contributed by atoms with Crippen LogP contribution in [-0.4, -0.2) is 53.7 Å². The van der Waals surface area contributed by atoms with Crippen LogP contribution in [0.4, 0.5) is 15.8 Å². The van der Waals surface area contributed by atoms with Crippen molar-refractivity contribution in [2.75, 3.05) is 23.3 Å². The molecule has 1 heterocycles. The fourth-order valence-electron chi connectivity index (χ4n) is 5.45. The molecule has 0 bridgehead atoms. The third-order valence-corrected chi connectivity index (χ3v) is 7.53. The number of benzene rings is 3. The number of piperazine rings is 1.